The van der Waals surface area contributed by atoms with E-state index < -0.39 is 5.97 Å². The van der Waals surface area contributed by atoms with Crippen molar-refractivity contribution in [2.24, 2.45) is 0 Å². The van der Waals surface area contributed by atoms with Crippen molar-refractivity contribution in [2.75, 3.05) is 0 Å². The number of carboxylic acids is 1. The number of carbonyl (C=O) groups is 1. The number of rotatable bonds is 2. The van der Waals surface area contributed by atoms with E-state index in [4.69, 9.17) is 11.6 Å². The molecule has 0 spiro atoms. The Morgan fingerprint density at radius 3 is 2.75 bits per heavy atom. The number of nitrogens with zero attached hydrogens (tertiary/aromatic N) is 1. The number of pyridine rings is 1. The van der Waals surface area contributed by atoms with Gasteiger partial charge in [-0.3, -0.25) is 4.98 Å². The lowest BCUT2D eigenvalue weighted by atomic mass is 9.95. The predicted molar refractivity (Wildman–Crippen MR) is 79.1 cm³/mol. The summed E-state index contributed by atoms with van der Waals surface area (Å²) in [4.78, 5) is 15.5. The Balaban J connectivity index is 2.36. The maximum Gasteiger partial charge on any atom is 0.336 e. The lowest BCUT2D eigenvalue weighted by Gasteiger charge is -2.10. The molecule has 4 heteroatoms. The fourth-order valence-corrected chi connectivity index (χ4v) is 2.45. The van der Waals surface area contributed by atoms with Crippen LogP contribution in [0.2, 0.25) is 5.02 Å². The molecule has 1 heterocycles. The third-order valence-electron chi connectivity index (χ3n) is 3.19. The Hall–Kier alpha value is -2.39. The fourth-order valence-electron chi connectivity index (χ4n) is 2.27. The molecule has 98 valence electrons. The molecule has 0 aliphatic carbocycles. The minimum Gasteiger partial charge on any atom is -0.478 e. The first kappa shape index (κ1) is 12.6. The maximum atomic E-state index is 11.4. The molecule has 3 rings (SSSR count). The summed E-state index contributed by atoms with van der Waals surface area (Å²) in [6.07, 6.45) is 3.44. The molecule has 0 amide bonds. The van der Waals surface area contributed by atoms with E-state index in [0.717, 1.165) is 16.3 Å². The molecule has 3 nitrogen and oxygen atoms in total. The van der Waals surface area contributed by atoms with E-state index in [0.29, 0.717) is 10.6 Å². The van der Waals surface area contributed by atoms with Gasteiger partial charge in [0.05, 0.1) is 5.56 Å². The SMILES string of the molecule is O=C(O)c1ccc(Cl)cc1-c1cccc2ccncc12. The first-order chi connectivity index (χ1) is 9.66. The van der Waals surface area contributed by atoms with Crippen molar-refractivity contribution in [3.8, 4) is 11.1 Å². The standard InChI is InChI=1S/C16H10ClNO2/c17-11-4-5-13(16(19)20)14(8-11)12-3-1-2-10-6-7-18-9-15(10)12/h1-9H,(H,19,20). The Morgan fingerprint density at radius 1 is 1.10 bits per heavy atom. The molecular formula is C16H10ClNO2. The Morgan fingerprint density at radius 2 is 1.95 bits per heavy atom. The number of hydrogen-bond donors (Lipinski definition) is 1. The second kappa shape index (κ2) is 4.94. The summed E-state index contributed by atoms with van der Waals surface area (Å²) in [6, 6.07) is 12.4. The summed E-state index contributed by atoms with van der Waals surface area (Å²) in [6.45, 7) is 0. The van der Waals surface area contributed by atoms with Crippen molar-refractivity contribution in [2.45, 2.75) is 0 Å². The average Bonchev–Trinajstić information content (AvgIpc) is 2.46. The lowest BCUT2D eigenvalue weighted by Crippen LogP contribution is -1.99. The fraction of sp³-hybridized carbons (Fsp3) is 0. The van der Waals surface area contributed by atoms with Gasteiger partial charge in [0, 0.05) is 22.8 Å². The molecular weight excluding hydrogens is 274 g/mol. The van der Waals surface area contributed by atoms with Crippen LogP contribution in [0.4, 0.5) is 0 Å². The van der Waals surface area contributed by atoms with E-state index in [9.17, 15) is 9.90 Å². The molecule has 0 bridgehead atoms. The highest BCUT2D eigenvalue weighted by atomic mass is 35.5. The average molecular weight is 284 g/mol. The Bertz CT molecular complexity index is 809. The summed E-state index contributed by atoms with van der Waals surface area (Å²) in [5.41, 5.74) is 1.64. The smallest absolute Gasteiger partial charge is 0.336 e. The number of halogens is 1. The van der Waals surface area contributed by atoms with Crippen LogP contribution in [0.3, 0.4) is 0 Å². The van der Waals surface area contributed by atoms with E-state index in [1.807, 2.05) is 24.3 Å². The van der Waals surface area contributed by atoms with Gasteiger partial charge in [0.2, 0.25) is 0 Å². The summed E-state index contributed by atoms with van der Waals surface area (Å²) in [5.74, 6) is -0.974. The minimum atomic E-state index is -0.974. The number of carboxylic acid groups (broad SMARTS) is 1. The van der Waals surface area contributed by atoms with E-state index in [1.54, 1.807) is 24.5 Å². The highest BCUT2D eigenvalue weighted by Crippen LogP contribution is 2.32. The normalized spacial score (nSPS) is 10.7. The van der Waals surface area contributed by atoms with E-state index in [1.165, 1.54) is 6.07 Å². The van der Waals surface area contributed by atoms with Crippen LogP contribution in [0, 0.1) is 0 Å². The van der Waals surface area contributed by atoms with Gasteiger partial charge in [0.25, 0.3) is 0 Å². The van der Waals surface area contributed by atoms with Crippen LogP contribution in [-0.2, 0) is 0 Å². The molecule has 2 aromatic carbocycles. The largest absolute Gasteiger partial charge is 0.478 e. The van der Waals surface area contributed by atoms with Gasteiger partial charge in [-0.15, -0.1) is 0 Å². The van der Waals surface area contributed by atoms with Gasteiger partial charge in [-0.1, -0.05) is 29.8 Å². The van der Waals surface area contributed by atoms with Crippen LogP contribution in [0.15, 0.2) is 54.9 Å². The predicted octanol–water partition coefficient (Wildman–Crippen LogP) is 4.25. The van der Waals surface area contributed by atoms with Gasteiger partial charge in [-0.2, -0.15) is 0 Å². The molecule has 0 atom stereocenters. The minimum absolute atomic E-state index is 0.228. The lowest BCUT2D eigenvalue weighted by molar-refractivity contribution is 0.0698. The van der Waals surface area contributed by atoms with Gasteiger partial charge in [-0.05, 0) is 40.8 Å². The van der Waals surface area contributed by atoms with Crippen LogP contribution in [0.5, 0.6) is 0 Å². The molecule has 1 N–H and O–H groups in total. The highest BCUT2D eigenvalue weighted by molar-refractivity contribution is 6.31. The summed E-state index contributed by atoms with van der Waals surface area (Å²) < 4.78 is 0. The van der Waals surface area contributed by atoms with Crippen molar-refractivity contribution in [3.63, 3.8) is 0 Å². The molecule has 0 saturated heterocycles. The Labute approximate surface area is 120 Å². The molecule has 20 heavy (non-hydrogen) atoms. The highest BCUT2D eigenvalue weighted by Gasteiger charge is 2.14. The van der Waals surface area contributed by atoms with Gasteiger partial charge in [-0.25, -0.2) is 4.79 Å². The van der Waals surface area contributed by atoms with E-state index in [-0.39, 0.29) is 5.56 Å². The van der Waals surface area contributed by atoms with Crippen LogP contribution >= 0.6 is 11.6 Å². The summed E-state index contributed by atoms with van der Waals surface area (Å²) in [5, 5.41) is 11.7. The maximum absolute atomic E-state index is 11.4. The molecule has 3 aromatic rings. The second-order valence-electron chi connectivity index (χ2n) is 4.40. The molecule has 0 aliphatic heterocycles. The first-order valence-corrected chi connectivity index (χ1v) is 6.40. The van der Waals surface area contributed by atoms with Gasteiger partial charge < -0.3 is 5.11 Å². The van der Waals surface area contributed by atoms with Crippen molar-refractivity contribution in [1.82, 2.24) is 4.98 Å². The second-order valence-corrected chi connectivity index (χ2v) is 4.83. The van der Waals surface area contributed by atoms with E-state index in [2.05, 4.69) is 4.98 Å². The van der Waals surface area contributed by atoms with Gasteiger partial charge in [0.1, 0.15) is 0 Å². The third kappa shape index (κ3) is 2.12. The van der Waals surface area contributed by atoms with Crippen LogP contribution in [0.25, 0.3) is 21.9 Å². The molecule has 0 unspecified atom stereocenters. The number of fused-ring (bicyclic) bond motifs is 1. The number of aromatic nitrogens is 1. The summed E-state index contributed by atoms with van der Waals surface area (Å²) >= 11 is 6.01. The Kier molecular flexibility index (Phi) is 3.12. The van der Waals surface area contributed by atoms with Crippen LogP contribution < -0.4 is 0 Å². The van der Waals surface area contributed by atoms with Crippen molar-refractivity contribution in [3.05, 3.63) is 65.4 Å². The number of benzene rings is 2. The zero-order valence-corrected chi connectivity index (χ0v) is 11.1. The third-order valence-corrected chi connectivity index (χ3v) is 3.42. The van der Waals surface area contributed by atoms with Gasteiger partial charge in [0.15, 0.2) is 0 Å². The first-order valence-electron chi connectivity index (χ1n) is 6.03. The molecule has 1 aromatic heterocycles. The molecule has 0 radical (unpaired) electrons. The topological polar surface area (TPSA) is 50.2 Å². The summed E-state index contributed by atoms with van der Waals surface area (Å²) in [7, 11) is 0. The quantitative estimate of drug-likeness (QED) is 0.765. The van der Waals surface area contributed by atoms with Crippen molar-refractivity contribution < 1.29 is 9.90 Å². The van der Waals surface area contributed by atoms with Crippen LogP contribution in [0.1, 0.15) is 10.4 Å². The molecule has 0 saturated carbocycles. The molecule has 0 aliphatic rings. The monoisotopic (exact) mass is 283 g/mol. The number of aromatic carboxylic acids is 1. The van der Waals surface area contributed by atoms with Crippen molar-refractivity contribution >= 4 is 28.3 Å². The van der Waals surface area contributed by atoms with Crippen molar-refractivity contribution in [1.29, 1.82) is 0 Å². The molecule has 0 fully saturated rings. The van der Waals surface area contributed by atoms with Gasteiger partial charge >= 0.3 is 5.97 Å². The zero-order valence-electron chi connectivity index (χ0n) is 10.4. The number of hydrogen-bond acceptors (Lipinski definition) is 2. The zero-order chi connectivity index (χ0) is 14.1. The van der Waals surface area contributed by atoms with E-state index >= 15 is 0 Å². The van der Waals surface area contributed by atoms with Crippen LogP contribution in [-0.4, -0.2) is 16.1 Å².